The lowest BCUT2D eigenvalue weighted by Crippen LogP contribution is -2.14. The van der Waals surface area contributed by atoms with Crippen LogP contribution in [0.1, 0.15) is 20.8 Å². The number of nitrogens with zero attached hydrogens (tertiary/aromatic N) is 2. The van der Waals surface area contributed by atoms with Crippen LogP contribution < -0.4 is 10.6 Å². The second-order valence-corrected chi connectivity index (χ2v) is 5.90. The number of hydrogen-bond donors (Lipinski definition) is 2. The third-order valence-corrected chi connectivity index (χ3v) is 3.83. The van der Waals surface area contributed by atoms with Crippen LogP contribution in [0.4, 0.5) is 17.2 Å². The summed E-state index contributed by atoms with van der Waals surface area (Å²) in [6.07, 6.45) is 0. The van der Waals surface area contributed by atoms with Crippen LogP contribution >= 0.6 is 11.6 Å². The van der Waals surface area contributed by atoms with Crippen molar-refractivity contribution in [2.24, 2.45) is 0 Å². The van der Waals surface area contributed by atoms with E-state index < -0.39 is 5.97 Å². The van der Waals surface area contributed by atoms with Gasteiger partial charge in [0.15, 0.2) is 11.5 Å². The van der Waals surface area contributed by atoms with E-state index in [1.54, 1.807) is 60.7 Å². The lowest BCUT2D eigenvalue weighted by molar-refractivity contribution is 0.0600. The summed E-state index contributed by atoms with van der Waals surface area (Å²) in [5.41, 5.74) is 1.95. The van der Waals surface area contributed by atoms with Gasteiger partial charge >= 0.3 is 5.97 Å². The highest BCUT2D eigenvalue weighted by Gasteiger charge is 2.09. The van der Waals surface area contributed by atoms with Crippen molar-refractivity contribution in [2.45, 2.75) is 0 Å². The normalized spacial score (nSPS) is 10.1. The number of nitrogens with one attached hydrogen (secondary N) is 2. The van der Waals surface area contributed by atoms with Crippen molar-refractivity contribution >= 4 is 40.7 Å². The summed E-state index contributed by atoms with van der Waals surface area (Å²) in [5, 5.41) is 14.2. The number of ether oxygens (including phenoxy) is 1. The Morgan fingerprint density at radius 1 is 0.889 bits per heavy atom. The standard InChI is InChI=1S/C19H15ClN4O3/c1-27-19(26)12-2-6-14(7-3-12)21-17-11-10-16(23-24-17)18(25)22-15-8-4-13(20)5-9-15/h2-11H,1H3,(H,21,24)(H,22,25). The molecule has 1 amide bonds. The van der Waals surface area contributed by atoms with Gasteiger partial charge in [0.1, 0.15) is 0 Å². The molecule has 1 heterocycles. The largest absolute Gasteiger partial charge is 0.465 e. The number of amides is 1. The number of anilines is 3. The van der Waals surface area contributed by atoms with Crippen LogP contribution in [0.2, 0.25) is 5.02 Å². The lowest BCUT2D eigenvalue weighted by Gasteiger charge is -2.07. The van der Waals surface area contributed by atoms with Crippen molar-refractivity contribution < 1.29 is 14.3 Å². The zero-order valence-corrected chi connectivity index (χ0v) is 15.0. The third kappa shape index (κ3) is 4.80. The van der Waals surface area contributed by atoms with Gasteiger partial charge in [0, 0.05) is 16.4 Å². The van der Waals surface area contributed by atoms with Gasteiger partial charge in [-0.05, 0) is 60.7 Å². The molecule has 0 fully saturated rings. The molecule has 0 atom stereocenters. The van der Waals surface area contributed by atoms with Crippen LogP contribution in [0.3, 0.4) is 0 Å². The number of hydrogen-bond acceptors (Lipinski definition) is 6. The minimum absolute atomic E-state index is 0.177. The number of halogens is 1. The molecule has 0 saturated carbocycles. The van der Waals surface area contributed by atoms with E-state index in [1.165, 1.54) is 7.11 Å². The van der Waals surface area contributed by atoms with Crippen molar-refractivity contribution in [3.63, 3.8) is 0 Å². The Balaban J connectivity index is 1.63. The highest BCUT2D eigenvalue weighted by molar-refractivity contribution is 6.30. The number of aromatic nitrogens is 2. The molecule has 8 heteroatoms. The molecule has 2 N–H and O–H groups in total. The topological polar surface area (TPSA) is 93.2 Å². The van der Waals surface area contributed by atoms with Crippen LogP contribution in [-0.4, -0.2) is 29.2 Å². The van der Waals surface area contributed by atoms with E-state index in [2.05, 4.69) is 25.6 Å². The fraction of sp³-hybridized carbons (Fsp3) is 0.0526. The van der Waals surface area contributed by atoms with Crippen LogP contribution in [0.25, 0.3) is 0 Å². The number of esters is 1. The number of carbonyl (C=O) groups is 2. The lowest BCUT2D eigenvalue weighted by atomic mass is 10.2. The minimum atomic E-state index is -0.405. The van der Waals surface area contributed by atoms with E-state index in [9.17, 15) is 9.59 Å². The van der Waals surface area contributed by atoms with Crippen molar-refractivity contribution in [3.8, 4) is 0 Å². The minimum Gasteiger partial charge on any atom is -0.465 e. The quantitative estimate of drug-likeness (QED) is 0.650. The molecular weight excluding hydrogens is 368 g/mol. The summed E-state index contributed by atoms with van der Waals surface area (Å²) >= 11 is 5.82. The molecule has 0 unspecified atom stereocenters. The van der Waals surface area contributed by atoms with Gasteiger partial charge in [-0.1, -0.05) is 11.6 Å². The highest BCUT2D eigenvalue weighted by Crippen LogP contribution is 2.17. The van der Waals surface area contributed by atoms with Crippen LogP contribution in [0.5, 0.6) is 0 Å². The zero-order chi connectivity index (χ0) is 19.2. The van der Waals surface area contributed by atoms with Gasteiger partial charge in [-0.2, -0.15) is 0 Å². The monoisotopic (exact) mass is 382 g/mol. The average Bonchev–Trinajstić information content (AvgIpc) is 2.70. The summed E-state index contributed by atoms with van der Waals surface area (Å²) in [5.74, 6) is -0.319. The molecule has 27 heavy (non-hydrogen) atoms. The van der Waals surface area contributed by atoms with Crippen LogP contribution in [0.15, 0.2) is 60.7 Å². The average molecular weight is 383 g/mol. The fourth-order valence-electron chi connectivity index (χ4n) is 2.20. The van der Waals surface area contributed by atoms with E-state index in [0.29, 0.717) is 22.1 Å². The Morgan fingerprint density at radius 2 is 1.56 bits per heavy atom. The van der Waals surface area contributed by atoms with Crippen molar-refractivity contribution in [2.75, 3.05) is 17.7 Å². The molecule has 136 valence electrons. The van der Waals surface area contributed by atoms with E-state index >= 15 is 0 Å². The molecule has 3 rings (SSSR count). The maximum Gasteiger partial charge on any atom is 0.337 e. The first-order valence-electron chi connectivity index (χ1n) is 7.91. The Labute approximate surface area is 160 Å². The van der Waals surface area contributed by atoms with Crippen molar-refractivity contribution in [3.05, 3.63) is 76.9 Å². The first-order valence-corrected chi connectivity index (χ1v) is 8.29. The van der Waals surface area contributed by atoms with E-state index in [-0.39, 0.29) is 11.6 Å². The Hall–Kier alpha value is -3.45. The second-order valence-electron chi connectivity index (χ2n) is 5.46. The van der Waals surface area contributed by atoms with Crippen LogP contribution in [0, 0.1) is 0 Å². The Morgan fingerprint density at radius 3 is 2.15 bits per heavy atom. The first-order chi connectivity index (χ1) is 13.0. The molecule has 0 saturated heterocycles. The molecule has 0 aliphatic heterocycles. The zero-order valence-electron chi connectivity index (χ0n) is 14.3. The van der Waals surface area contributed by atoms with E-state index in [1.807, 2.05) is 0 Å². The Bertz CT molecular complexity index is 942. The third-order valence-electron chi connectivity index (χ3n) is 3.58. The molecule has 0 bridgehead atoms. The van der Waals surface area contributed by atoms with Gasteiger partial charge in [-0.25, -0.2) is 4.79 Å². The molecule has 1 aromatic heterocycles. The molecule has 0 aliphatic rings. The predicted octanol–water partition coefficient (Wildman–Crippen LogP) is 3.91. The number of methoxy groups -OCH3 is 1. The molecule has 3 aromatic rings. The van der Waals surface area contributed by atoms with Crippen molar-refractivity contribution in [1.29, 1.82) is 0 Å². The summed E-state index contributed by atoms with van der Waals surface area (Å²) in [6.45, 7) is 0. The molecule has 2 aromatic carbocycles. The summed E-state index contributed by atoms with van der Waals surface area (Å²) in [7, 11) is 1.33. The number of rotatable bonds is 5. The summed E-state index contributed by atoms with van der Waals surface area (Å²) < 4.78 is 4.65. The Kier molecular flexibility index (Phi) is 5.63. The molecule has 0 spiro atoms. The van der Waals surface area contributed by atoms with Gasteiger partial charge < -0.3 is 15.4 Å². The molecule has 0 aliphatic carbocycles. The smallest absolute Gasteiger partial charge is 0.337 e. The maximum atomic E-state index is 12.2. The summed E-state index contributed by atoms with van der Waals surface area (Å²) in [4.78, 5) is 23.6. The van der Waals surface area contributed by atoms with Crippen LogP contribution in [-0.2, 0) is 4.74 Å². The molecule has 0 radical (unpaired) electrons. The summed E-state index contributed by atoms with van der Waals surface area (Å²) in [6, 6.07) is 16.7. The number of carbonyl (C=O) groups excluding carboxylic acids is 2. The maximum absolute atomic E-state index is 12.2. The van der Waals surface area contributed by atoms with Gasteiger partial charge in [-0.15, -0.1) is 10.2 Å². The second kappa shape index (κ2) is 8.29. The predicted molar refractivity (Wildman–Crippen MR) is 103 cm³/mol. The molecular formula is C19H15ClN4O3. The van der Waals surface area contributed by atoms with Gasteiger partial charge in [0.05, 0.1) is 12.7 Å². The first kappa shape index (κ1) is 18.3. The highest BCUT2D eigenvalue weighted by atomic mass is 35.5. The van der Waals surface area contributed by atoms with Crippen molar-refractivity contribution in [1.82, 2.24) is 10.2 Å². The fourth-order valence-corrected chi connectivity index (χ4v) is 2.33. The molecule has 7 nitrogen and oxygen atoms in total. The van der Waals surface area contributed by atoms with Gasteiger partial charge in [0.25, 0.3) is 5.91 Å². The SMILES string of the molecule is COC(=O)c1ccc(Nc2ccc(C(=O)Nc3ccc(Cl)cc3)nn2)cc1. The van der Waals surface area contributed by atoms with E-state index in [0.717, 1.165) is 5.69 Å². The van der Waals surface area contributed by atoms with Gasteiger partial charge in [-0.3, -0.25) is 4.79 Å². The number of benzene rings is 2. The van der Waals surface area contributed by atoms with E-state index in [4.69, 9.17) is 11.6 Å². The van der Waals surface area contributed by atoms with Gasteiger partial charge in [0.2, 0.25) is 0 Å².